The number of nitrogens with zero attached hydrogens (tertiary/aromatic N) is 1. The minimum absolute atomic E-state index is 0.0265. The molecule has 0 spiro atoms. The summed E-state index contributed by atoms with van der Waals surface area (Å²) in [5.41, 5.74) is -0.298. The van der Waals surface area contributed by atoms with Crippen LogP contribution in [0.15, 0.2) is 24.5 Å². The van der Waals surface area contributed by atoms with E-state index in [-0.39, 0.29) is 5.56 Å². The number of benzene rings is 1. The van der Waals surface area contributed by atoms with Gasteiger partial charge in [0.1, 0.15) is 5.69 Å². The number of nitrogens with two attached hydrogens (primary N) is 1. The first kappa shape index (κ1) is 12.3. The van der Waals surface area contributed by atoms with Crippen molar-refractivity contribution in [2.75, 3.05) is 5.43 Å². The molecular formula is C11H7F4N3. The molecule has 3 N–H and O–H groups in total. The van der Waals surface area contributed by atoms with E-state index < -0.39 is 34.5 Å². The Morgan fingerprint density at radius 1 is 0.889 bits per heavy atom. The Labute approximate surface area is 99.2 Å². The highest BCUT2D eigenvalue weighted by Crippen LogP contribution is 2.33. The largest absolute Gasteiger partial charge is 0.319 e. The summed E-state index contributed by atoms with van der Waals surface area (Å²) in [6, 6.07) is 2.46. The van der Waals surface area contributed by atoms with Crippen LogP contribution in [0.3, 0.4) is 0 Å². The minimum Gasteiger partial charge on any atom is -0.319 e. The lowest BCUT2D eigenvalue weighted by Crippen LogP contribution is -2.14. The van der Waals surface area contributed by atoms with E-state index in [1.54, 1.807) is 5.43 Å². The van der Waals surface area contributed by atoms with Crippen molar-refractivity contribution < 1.29 is 17.6 Å². The maximum Gasteiger partial charge on any atom is 0.187 e. The molecule has 0 saturated heterocycles. The van der Waals surface area contributed by atoms with Crippen molar-refractivity contribution in [1.29, 1.82) is 0 Å². The van der Waals surface area contributed by atoms with Crippen molar-refractivity contribution in [2.24, 2.45) is 5.84 Å². The van der Waals surface area contributed by atoms with Crippen molar-refractivity contribution in [2.45, 2.75) is 0 Å². The number of halogens is 4. The molecule has 7 heteroatoms. The fourth-order valence-corrected chi connectivity index (χ4v) is 1.53. The SMILES string of the molecule is NNc1c(F)c(F)c(-c2ccncc2)c(F)c1F. The number of aromatic nitrogens is 1. The van der Waals surface area contributed by atoms with Crippen LogP contribution in [0.2, 0.25) is 0 Å². The van der Waals surface area contributed by atoms with E-state index in [4.69, 9.17) is 5.84 Å². The van der Waals surface area contributed by atoms with Crippen molar-refractivity contribution in [1.82, 2.24) is 4.98 Å². The number of anilines is 1. The quantitative estimate of drug-likeness (QED) is 0.376. The lowest BCUT2D eigenvalue weighted by atomic mass is 10.0. The summed E-state index contributed by atoms with van der Waals surface area (Å²) in [5, 5.41) is 0. The average Bonchev–Trinajstić information content (AvgIpc) is 2.39. The van der Waals surface area contributed by atoms with Crippen molar-refractivity contribution in [3.05, 3.63) is 47.8 Å². The van der Waals surface area contributed by atoms with Gasteiger partial charge in [-0.05, 0) is 17.7 Å². The molecule has 0 bridgehead atoms. The van der Waals surface area contributed by atoms with Crippen LogP contribution in [0, 0.1) is 23.3 Å². The van der Waals surface area contributed by atoms with Crippen LogP contribution in [0.25, 0.3) is 11.1 Å². The van der Waals surface area contributed by atoms with Crippen molar-refractivity contribution in [3.8, 4) is 11.1 Å². The third-order valence-electron chi connectivity index (χ3n) is 2.38. The van der Waals surface area contributed by atoms with Gasteiger partial charge in [0.05, 0.1) is 5.56 Å². The normalized spacial score (nSPS) is 10.5. The number of nitrogen functional groups attached to an aromatic ring is 1. The predicted molar refractivity (Wildman–Crippen MR) is 57.3 cm³/mol. The third-order valence-corrected chi connectivity index (χ3v) is 2.38. The Kier molecular flexibility index (Phi) is 3.15. The van der Waals surface area contributed by atoms with Gasteiger partial charge in [-0.15, -0.1) is 0 Å². The zero-order chi connectivity index (χ0) is 13.3. The van der Waals surface area contributed by atoms with Gasteiger partial charge < -0.3 is 5.43 Å². The first-order valence-electron chi connectivity index (χ1n) is 4.81. The monoisotopic (exact) mass is 257 g/mol. The standard InChI is InChI=1S/C11H7F4N3/c12-7-6(5-1-3-17-4-2-5)8(13)10(15)11(18-16)9(7)14/h1-4,18H,16H2. The smallest absolute Gasteiger partial charge is 0.187 e. The second kappa shape index (κ2) is 4.61. The number of hydrogen-bond acceptors (Lipinski definition) is 3. The number of nitrogens with one attached hydrogen (secondary N) is 1. The van der Waals surface area contributed by atoms with E-state index in [2.05, 4.69) is 4.98 Å². The van der Waals surface area contributed by atoms with Crippen LogP contribution in [0.4, 0.5) is 23.2 Å². The third kappa shape index (κ3) is 1.78. The zero-order valence-electron chi connectivity index (χ0n) is 8.85. The van der Waals surface area contributed by atoms with Crippen LogP contribution in [-0.2, 0) is 0 Å². The summed E-state index contributed by atoms with van der Waals surface area (Å²) in [6.45, 7) is 0. The van der Waals surface area contributed by atoms with E-state index in [1.807, 2.05) is 0 Å². The van der Waals surface area contributed by atoms with Crippen LogP contribution >= 0.6 is 0 Å². The van der Waals surface area contributed by atoms with Gasteiger partial charge >= 0.3 is 0 Å². The van der Waals surface area contributed by atoms with Gasteiger partial charge in [-0.2, -0.15) is 0 Å². The molecule has 0 radical (unpaired) electrons. The molecule has 0 saturated carbocycles. The highest BCUT2D eigenvalue weighted by Gasteiger charge is 2.25. The van der Waals surface area contributed by atoms with Crippen molar-refractivity contribution in [3.63, 3.8) is 0 Å². The van der Waals surface area contributed by atoms with Crippen LogP contribution in [-0.4, -0.2) is 4.98 Å². The number of rotatable bonds is 2. The molecule has 2 aromatic rings. The van der Waals surface area contributed by atoms with Gasteiger partial charge in [-0.1, -0.05) is 0 Å². The van der Waals surface area contributed by atoms with Gasteiger partial charge in [-0.3, -0.25) is 10.8 Å². The van der Waals surface area contributed by atoms with Crippen LogP contribution in [0.1, 0.15) is 0 Å². The molecular weight excluding hydrogens is 250 g/mol. The molecule has 3 nitrogen and oxygen atoms in total. The lowest BCUT2D eigenvalue weighted by Gasteiger charge is -2.11. The van der Waals surface area contributed by atoms with Gasteiger partial charge in [0, 0.05) is 12.4 Å². The van der Waals surface area contributed by atoms with E-state index in [9.17, 15) is 17.6 Å². The van der Waals surface area contributed by atoms with E-state index in [0.29, 0.717) is 0 Å². The van der Waals surface area contributed by atoms with Crippen molar-refractivity contribution >= 4 is 5.69 Å². The fraction of sp³-hybridized carbons (Fsp3) is 0. The van der Waals surface area contributed by atoms with Gasteiger partial charge in [0.25, 0.3) is 0 Å². The number of pyridine rings is 1. The lowest BCUT2D eigenvalue weighted by molar-refractivity contribution is 0.463. The number of hydrogen-bond donors (Lipinski definition) is 2. The summed E-state index contributed by atoms with van der Waals surface area (Å²) in [7, 11) is 0. The molecule has 1 aromatic heterocycles. The second-order valence-corrected chi connectivity index (χ2v) is 3.39. The van der Waals surface area contributed by atoms with Crippen LogP contribution in [0.5, 0.6) is 0 Å². The summed E-state index contributed by atoms with van der Waals surface area (Å²) in [6.07, 6.45) is 2.50. The molecule has 0 unspecified atom stereocenters. The average molecular weight is 257 g/mol. The maximum atomic E-state index is 13.7. The molecule has 1 aromatic carbocycles. The Morgan fingerprint density at radius 3 is 1.83 bits per heavy atom. The molecule has 0 aliphatic rings. The zero-order valence-corrected chi connectivity index (χ0v) is 8.85. The summed E-state index contributed by atoms with van der Waals surface area (Å²) < 4.78 is 54.3. The fourth-order valence-electron chi connectivity index (χ4n) is 1.53. The topological polar surface area (TPSA) is 50.9 Å². The molecule has 0 aliphatic carbocycles. The molecule has 1 heterocycles. The predicted octanol–water partition coefficient (Wildman–Crippen LogP) is 2.59. The molecule has 0 aliphatic heterocycles. The summed E-state index contributed by atoms with van der Waals surface area (Å²) in [5.74, 6) is -1.40. The van der Waals surface area contributed by atoms with E-state index >= 15 is 0 Å². The molecule has 0 amide bonds. The van der Waals surface area contributed by atoms with Gasteiger partial charge in [-0.25, -0.2) is 17.6 Å². The Morgan fingerprint density at radius 2 is 1.39 bits per heavy atom. The second-order valence-electron chi connectivity index (χ2n) is 3.39. The first-order valence-corrected chi connectivity index (χ1v) is 4.81. The Balaban J connectivity index is 2.78. The molecule has 94 valence electrons. The van der Waals surface area contributed by atoms with E-state index in [1.165, 1.54) is 24.5 Å². The molecule has 18 heavy (non-hydrogen) atoms. The van der Waals surface area contributed by atoms with Gasteiger partial charge in [0.2, 0.25) is 0 Å². The van der Waals surface area contributed by atoms with E-state index in [0.717, 1.165) is 0 Å². The first-order chi connectivity index (χ1) is 8.57. The van der Waals surface area contributed by atoms with Crippen LogP contribution < -0.4 is 11.3 Å². The molecule has 2 rings (SSSR count). The molecule has 0 fully saturated rings. The highest BCUT2D eigenvalue weighted by atomic mass is 19.2. The number of hydrazine groups is 1. The maximum absolute atomic E-state index is 13.7. The summed E-state index contributed by atoms with van der Waals surface area (Å²) in [4.78, 5) is 3.64. The van der Waals surface area contributed by atoms with Gasteiger partial charge in [0.15, 0.2) is 23.3 Å². The summed E-state index contributed by atoms with van der Waals surface area (Å²) >= 11 is 0. The Hall–Kier alpha value is -2.15. The molecule has 0 atom stereocenters. The highest BCUT2D eigenvalue weighted by molar-refractivity contribution is 5.68. The minimum atomic E-state index is -1.58. The Bertz CT molecular complexity index is 558.